The van der Waals surface area contributed by atoms with Gasteiger partial charge in [0.15, 0.2) is 0 Å². The highest BCUT2D eigenvalue weighted by atomic mass is 16.5. The van der Waals surface area contributed by atoms with Crippen LogP contribution in [0.25, 0.3) is 11.1 Å². The van der Waals surface area contributed by atoms with E-state index >= 15 is 0 Å². The molecule has 0 aromatic heterocycles. The zero-order valence-corrected chi connectivity index (χ0v) is 18.7. The first-order chi connectivity index (χ1) is 15.0. The lowest BCUT2D eigenvalue weighted by Crippen LogP contribution is -2.15. The third-order valence-electron chi connectivity index (χ3n) is 6.56. The highest BCUT2D eigenvalue weighted by Crippen LogP contribution is 2.46. The molecule has 0 spiro atoms. The highest BCUT2D eigenvalue weighted by Gasteiger charge is 2.34. The topological polar surface area (TPSA) is 43.2 Å². The third kappa shape index (κ3) is 3.58. The normalized spacial score (nSPS) is 22.0. The van der Waals surface area contributed by atoms with E-state index in [2.05, 4.69) is 82.3 Å². The largest absolute Gasteiger partial charge is 0.475 e. The van der Waals surface area contributed by atoms with Crippen LogP contribution in [0.4, 0.5) is 0 Å². The van der Waals surface area contributed by atoms with Crippen molar-refractivity contribution in [3.8, 4) is 11.1 Å². The summed E-state index contributed by atoms with van der Waals surface area (Å²) < 4.78 is 12.2. The Kier molecular flexibility index (Phi) is 5.17. The molecule has 1 aliphatic carbocycles. The summed E-state index contributed by atoms with van der Waals surface area (Å²) in [6.45, 7) is 9.97. The van der Waals surface area contributed by atoms with E-state index in [1.54, 1.807) is 0 Å². The molecular weight excluding hydrogens is 384 g/mol. The summed E-state index contributed by atoms with van der Waals surface area (Å²) >= 11 is 0. The Morgan fingerprint density at radius 1 is 0.774 bits per heavy atom. The average Bonchev–Trinajstić information content (AvgIpc) is 3.50. The van der Waals surface area contributed by atoms with Gasteiger partial charge in [-0.05, 0) is 34.1 Å². The summed E-state index contributed by atoms with van der Waals surface area (Å²) in [6, 6.07) is 17.6. The Morgan fingerprint density at radius 2 is 1.23 bits per heavy atom. The van der Waals surface area contributed by atoms with Gasteiger partial charge in [-0.2, -0.15) is 0 Å². The second-order valence-electron chi connectivity index (χ2n) is 9.35. The van der Waals surface area contributed by atoms with Gasteiger partial charge < -0.3 is 9.47 Å². The number of ether oxygens (including phenoxy) is 2. The van der Waals surface area contributed by atoms with Crippen molar-refractivity contribution in [1.82, 2.24) is 0 Å². The zero-order chi connectivity index (χ0) is 21.5. The number of rotatable bonds is 5. The van der Waals surface area contributed by atoms with E-state index in [0.29, 0.717) is 36.8 Å². The molecule has 2 aliphatic heterocycles. The predicted octanol–water partition coefficient (Wildman–Crippen LogP) is 5.63. The molecule has 2 aromatic rings. The van der Waals surface area contributed by atoms with Crippen LogP contribution in [0.3, 0.4) is 0 Å². The van der Waals surface area contributed by atoms with Crippen LogP contribution in [0.2, 0.25) is 0 Å². The summed E-state index contributed by atoms with van der Waals surface area (Å²) in [4.78, 5) is 9.84. The van der Waals surface area contributed by atoms with Crippen LogP contribution in [0.1, 0.15) is 44.7 Å². The molecule has 2 heterocycles. The first-order valence-corrected chi connectivity index (χ1v) is 11.3. The third-order valence-corrected chi connectivity index (χ3v) is 6.56. The standard InChI is InChI=1S/C27H30N2O2/c1-16(2)24-14-30-26(28-24)23(27-29-25(15-31-27)17(3)4)13-22-20-11-7-5-9-18(20)19-10-6-8-12-21(19)22/h5-13,16-17,22,24-25H,14-15H2,1-4H3. The van der Waals surface area contributed by atoms with Gasteiger partial charge in [0.1, 0.15) is 13.2 Å². The summed E-state index contributed by atoms with van der Waals surface area (Å²) in [7, 11) is 0. The van der Waals surface area contributed by atoms with E-state index in [1.165, 1.54) is 22.3 Å². The molecule has 0 amide bonds. The van der Waals surface area contributed by atoms with Crippen molar-refractivity contribution < 1.29 is 9.47 Å². The maximum atomic E-state index is 6.10. The lowest BCUT2D eigenvalue weighted by molar-refractivity contribution is 0.284. The summed E-state index contributed by atoms with van der Waals surface area (Å²) in [5.74, 6) is 2.33. The van der Waals surface area contributed by atoms with Crippen molar-refractivity contribution in [2.75, 3.05) is 13.2 Å². The summed E-state index contributed by atoms with van der Waals surface area (Å²) in [6.07, 6.45) is 2.26. The van der Waals surface area contributed by atoms with Gasteiger partial charge in [-0.25, -0.2) is 9.98 Å². The zero-order valence-electron chi connectivity index (χ0n) is 18.7. The van der Waals surface area contributed by atoms with E-state index < -0.39 is 0 Å². The van der Waals surface area contributed by atoms with Crippen LogP contribution in [0.5, 0.6) is 0 Å². The lowest BCUT2D eigenvalue weighted by atomic mass is 9.94. The van der Waals surface area contributed by atoms with Gasteiger partial charge in [-0.1, -0.05) is 82.3 Å². The van der Waals surface area contributed by atoms with E-state index in [4.69, 9.17) is 19.5 Å². The molecule has 0 saturated carbocycles. The van der Waals surface area contributed by atoms with Crippen molar-refractivity contribution in [1.29, 1.82) is 0 Å². The molecule has 0 fully saturated rings. The quantitative estimate of drug-likeness (QED) is 0.636. The van der Waals surface area contributed by atoms with Gasteiger partial charge in [-0.3, -0.25) is 0 Å². The number of hydrogen-bond donors (Lipinski definition) is 0. The molecule has 4 heteroatoms. The molecule has 2 aromatic carbocycles. The van der Waals surface area contributed by atoms with Gasteiger partial charge in [0.2, 0.25) is 11.8 Å². The Hall–Kier alpha value is -2.88. The first-order valence-electron chi connectivity index (χ1n) is 11.3. The van der Waals surface area contributed by atoms with Crippen LogP contribution in [0, 0.1) is 11.8 Å². The van der Waals surface area contributed by atoms with Gasteiger partial charge in [0.05, 0.1) is 17.7 Å². The highest BCUT2D eigenvalue weighted by molar-refractivity contribution is 6.19. The van der Waals surface area contributed by atoms with Gasteiger partial charge in [0.25, 0.3) is 0 Å². The molecule has 0 N–H and O–H groups in total. The molecule has 31 heavy (non-hydrogen) atoms. The molecule has 5 rings (SSSR count). The summed E-state index contributed by atoms with van der Waals surface area (Å²) in [5.41, 5.74) is 6.09. The first kappa shape index (κ1) is 20.0. The Bertz CT molecular complexity index is 999. The van der Waals surface area contributed by atoms with E-state index in [1.807, 2.05) is 0 Å². The second kappa shape index (κ2) is 7.99. The number of hydrogen-bond acceptors (Lipinski definition) is 4. The fourth-order valence-corrected chi connectivity index (χ4v) is 4.53. The Labute approximate surface area is 184 Å². The molecule has 0 saturated heterocycles. The molecule has 160 valence electrons. The van der Waals surface area contributed by atoms with Gasteiger partial charge >= 0.3 is 0 Å². The predicted molar refractivity (Wildman–Crippen MR) is 126 cm³/mol. The minimum atomic E-state index is 0.121. The van der Waals surface area contributed by atoms with Crippen LogP contribution >= 0.6 is 0 Å². The average molecular weight is 415 g/mol. The Balaban J connectivity index is 1.62. The van der Waals surface area contributed by atoms with E-state index in [9.17, 15) is 0 Å². The van der Waals surface area contributed by atoms with Crippen molar-refractivity contribution >= 4 is 11.8 Å². The number of nitrogens with zero attached hydrogens (tertiary/aromatic N) is 2. The number of fused-ring (bicyclic) bond motifs is 3. The van der Waals surface area contributed by atoms with Gasteiger partial charge in [-0.15, -0.1) is 0 Å². The van der Waals surface area contributed by atoms with E-state index in [0.717, 1.165) is 5.57 Å². The molecule has 2 atom stereocenters. The smallest absolute Gasteiger partial charge is 0.221 e. The maximum Gasteiger partial charge on any atom is 0.221 e. The van der Waals surface area contributed by atoms with Crippen LogP contribution in [-0.4, -0.2) is 37.1 Å². The van der Waals surface area contributed by atoms with Gasteiger partial charge in [0, 0.05) is 5.92 Å². The number of benzene rings is 2. The molecular formula is C27H30N2O2. The maximum absolute atomic E-state index is 6.10. The molecule has 3 aliphatic rings. The minimum absolute atomic E-state index is 0.121. The molecule has 4 nitrogen and oxygen atoms in total. The van der Waals surface area contributed by atoms with E-state index in [-0.39, 0.29) is 18.0 Å². The van der Waals surface area contributed by atoms with Crippen LogP contribution < -0.4 is 0 Å². The van der Waals surface area contributed by atoms with Crippen LogP contribution in [-0.2, 0) is 9.47 Å². The number of aliphatic imine (C=N–C) groups is 2. The fourth-order valence-electron chi connectivity index (χ4n) is 4.53. The SMILES string of the molecule is CC(C)C1COC(C(=CC2c3ccccc3-c3ccccc32)C2=NC(C(C)C)CO2)=N1. The number of allylic oxidation sites excluding steroid dienone is 1. The molecule has 0 bridgehead atoms. The lowest BCUT2D eigenvalue weighted by Gasteiger charge is -2.13. The van der Waals surface area contributed by atoms with Crippen molar-refractivity contribution in [2.45, 2.75) is 45.7 Å². The molecule has 2 unspecified atom stereocenters. The molecule has 0 radical (unpaired) electrons. The second-order valence-corrected chi connectivity index (χ2v) is 9.35. The Morgan fingerprint density at radius 3 is 1.65 bits per heavy atom. The van der Waals surface area contributed by atoms with Crippen LogP contribution in [0.15, 0.2) is 70.2 Å². The summed E-state index contributed by atoms with van der Waals surface area (Å²) in [5, 5.41) is 0. The van der Waals surface area contributed by atoms with Crippen molar-refractivity contribution in [3.63, 3.8) is 0 Å². The van der Waals surface area contributed by atoms with Crippen molar-refractivity contribution in [2.24, 2.45) is 21.8 Å². The fraction of sp³-hybridized carbons (Fsp3) is 0.407. The van der Waals surface area contributed by atoms with Crippen molar-refractivity contribution in [3.05, 3.63) is 71.3 Å². The monoisotopic (exact) mass is 414 g/mol. The minimum Gasteiger partial charge on any atom is -0.475 e.